The molecule has 0 aliphatic rings. The summed E-state index contributed by atoms with van der Waals surface area (Å²) >= 11 is 12.1. The molecule has 3 aromatic carbocycles. The van der Waals surface area contributed by atoms with Gasteiger partial charge in [0.05, 0.1) is 10.0 Å². The Morgan fingerprint density at radius 3 is 2.21 bits per heavy atom. The lowest BCUT2D eigenvalue weighted by molar-refractivity contribution is -0.110. The second-order valence-electron chi connectivity index (χ2n) is 6.02. The highest BCUT2D eigenvalue weighted by molar-refractivity contribution is 6.42. The van der Waals surface area contributed by atoms with E-state index in [-0.39, 0.29) is 5.78 Å². The lowest BCUT2D eigenvalue weighted by Gasteiger charge is -2.09. The Morgan fingerprint density at radius 2 is 1.43 bits per heavy atom. The van der Waals surface area contributed by atoms with Crippen molar-refractivity contribution in [1.82, 2.24) is 0 Å². The number of carbonyl (C=O) groups excluding carboxylic acids is 1. The molecule has 140 valence electrons. The molecule has 0 aliphatic carbocycles. The zero-order valence-electron chi connectivity index (χ0n) is 15.0. The summed E-state index contributed by atoms with van der Waals surface area (Å²) in [7, 11) is 0. The SMILES string of the molecule is O=C(/C=C/c1ccccc1OCc1ccccc1)/C=C/c1cccc(Cl)c1Cl. The first-order valence-corrected chi connectivity index (χ1v) is 9.49. The summed E-state index contributed by atoms with van der Waals surface area (Å²) in [5.74, 6) is 0.561. The van der Waals surface area contributed by atoms with Gasteiger partial charge in [0.25, 0.3) is 0 Å². The molecular weight excluding hydrogens is 391 g/mol. The molecule has 0 heterocycles. The Bertz CT molecular complexity index is 1010. The molecule has 3 aromatic rings. The number of halogens is 2. The number of para-hydroxylation sites is 1. The summed E-state index contributed by atoms with van der Waals surface area (Å²) in [5.41, 5.74) is 2.61. The third kappa shape index (κ3) is 5.59. The third-order valence-corrected chi connectivity index (χ3v) is 4.83. The van der Waals surface area contributed by atoms with Gasteiger partial charge in [0.15, 0.2) is 5.78 Å². The van der Waals surface area contributed by atoms with Gasteiger partial charge >= 0.3 is 0 Å². The fraction of sp³-hybridized carbons (Fsp3) is 0.0417. The molecular formula is C24H18Cl2O2. The van der Waals surface area contributed by atoms with Crippen LogP contribution in [0.3, 0.4) is 0 Å². The highest BCUT2D eigenvalue weighted by Crippen LogP contribution is 2.26. The van der Waals surface area contributed by atoms with Crippen molar-refractivity contribution in [1.29, 1.82) is 0 Å². The normalized spacial score (nSPS) is 11.2. The summed E-state index contributed by atoms with van der Waals surface area (Å²) < 4.78 is 5.90. The van der Waals surface area contributed by atoms with E-state index in [1.807, 2.05) is 54.6 Å². The van der Waals surface area contributed by atoms with E-state index < -0.39 is 0 Å². The average molecular weight is 409 g/mol. The van der Waals surface area contributed by atoms with Crippen LogP contribution in [0.15, 0.2) is 84.9 Å². The maximum Gasteiger partial charge on any atom is 0.178 e. The number of allylic oxidation sites excluding steroid dienone is 2. The predicted octanol–water partition coefficient (Wildman–Crippen LogP) is 6.87. The van der Waals surface area contributed by atoms with Crippen molar-refractivity contribution in [2.24, 2.45) is 0 Å². The minimum absolute atomic E-state index is 0.158. The molecule has 0 radical (unpaired) electrons. The summed E-state index contributed by atoms with van der Waals surface area (Å²) in [5, 5.41) is 0.883. The van der Waals surface area contributed by atoms with Crippen LogP contribution in [0, 0.1) is 0 Å². The van der Waals surface area contributed by atoms with E-state index in [1.54, 1.807) is 30.4 Å². The Kier molecular flexibility index (Phi) is 7.07. The topological polar surface area (TPSA) is 26.3 Å². The number of hydrogen-bond donors (Lipinski definition) is 0. The van der Waals surface area contributed by atoms with Crippen molar-refractivity contribution in [3.05, 3.63) is 112 Å². The van der Waals surface area contributed by atoms with E-state index in [9.17, 15) is 4.79 Å². The fourth-order valence-corrected chi connectivity index (χ4v) is 2.90. The van der Waals surface area contributed by atoms with Gasteiger partial charge in [-0.1, -0.05) is 83.9 Å². The molecule has 0 aromatic heterocycles. The Balaban J connectivity index is 1.67. The number of ketones is 1. The maximum absolute atomic E-state index is 12.2. The Labute approximate surface area is 174 Å². The monoisotopic (exact) mass is 408 g/mol. The first-order chi connectivity index (χ1) is 13.6. The van der Waals surface area contributed by atoms with Gasteiger partial charge in [0.1, 0.15) is 12.4 Å². The second kappa shape index (κ2) is 9.93. The average Bonchev–Trinajstić information content (AvgIpc) is 2.73. The molecule has 0 spiro atoms. The van der Waals surface area contributed by atoms with E-state index in [1.165, 1.54) is 12.2 Å². The van der Waals surface area contributed by atoms with Crippen LogP contribution >= 0.6 is 23.2 Å². The quantitative estimate of drug-likeness (QED) is 0.398. The maximum atomic E-state index is 12.2. The van der Waals surface area contributed by atoms with Gasteiger partial charge < -0.3 is 4.74 Å². The molecule has 0 atom stereocenters. The largest absolute Gasteiger partial charge is 0.488 e. The van der Waals surface area contributed by atoms with Crippen molar-refractivity contribution in [2.45, 2.75) is 6.61 Å². The van der Waals surface area contributed by atoms with E-state index in [2.05, 4.69) is 0 Å². The molecule has 0 N–H and O–H groups in total. The van der Waals surface area contributed by atoms with Crippen LogP contribution in [0.25, 0.3) is 12.2 Å². The van der Waals surface area contributed by atoms with Crippen molar-refractivity contribution in [2.75, 3.05) is 0 Å². The van der Waals surface area contributed by atoms with Crippen LogP contribution < -0.4 is 4.74 Å². The van der Waals surface area contributed by atoms with Crippen LogP contribution in [-0.4, -0.2) is 5.78 Å². The Morgan fingerprint density at radius 1 is 0.786 bits per heavy atom. The highest BCUT2D eigenvalue weighted by Gasteiger charge is 2.03. The predicted molar refractivity (Wildman–Crippen MR) is 117 cm³/mol. The molecule has 28 heavy (non-hydrogen) atoms. The number of benzene rings is 3. The molecule has 2 nitrogen and oxygen atoms in total. The minimum Gasteiger partial charge on any atom is -0.488 e. The fourth-order valence-electron chi connectivity index (χ4n) is 2.53. The van der Waals surface area contributed by atoms with Crippen LogP contribution in [0.5, 0.6) is 5.75 Å². The molecule has 4 heteroatoms. The van der Waals surface area contributed by atoms with Gasteiger partial charge in [-0.15, -0.1) is 0 Å². The molecule has 3 rings (SSSR count). The van der Waals surface area contributed by atoms with Crippen LogP contribution in [-0.2, 0) is 11.4 Å². The zero-order chi connectivity index (χ0) is 19.8. The molecule has 0 unspecified atom stereocenters. The van der Waals surface area contributed by atoms with Crippen LogP contribution in [0.2, 0.25) is 10.0 Å². The van der Waals surface area contributed by atoms with Gasteiger partial charge in [0, 0.05) is 5.56 Å². The van der Waals surface area contributed by atoms with Gasteiger partial charge in [-0.2, -0.15) is 0 Å². The molecule has 0 fully saturated rings. The number of carbonyl (C=O) groups is 1. The number of rotatable bonds is 7. The highest BCUT2D eigenvalue weighted by atomic mass is 35.5. The molecule has 0 amide bonds. The minimum atomic E-state index is -0.158. The third-order valence-electron chi connectivity index (χ3n) is 3.99. The van der Waals surface area contributed by atoms with Crippen LogP contribution in [0.4, 0.5) is 0 Å². The zero-order valence-corrected chi connectivity index (χ0v) is 16.5. The molecule has 0 saturated heterocycles. The van der Waals surface area contributed by atoms with E-state index in [0.29, 0.717) is 22.2 Å². The van der Waals surface area contributed by atoms with Gasteiger partial charge in [0.2, 0.25) is 0 Å². The molecule has 0 bridgehead atoms. The summed E-state index contributed by atoms with van der Waals surface area (Å²) in [6.07, 6.45) is 6.35. The van der Waals surface area contributed by atoms with E-state index in [0.717, 1.165) is 16.9 Å². The van der Waals surface area contributed by atoms with Gasteiger partial charge in [-0.3, -0.25) is 4.79 Å². The van der Waals surface area contributed by atoms with E-state index >= 15 is 0 Å². The van der Waals surface area contributed by atoms with Crippen LogP contribution in [0.1, 0.15) is 16.7 Å². The first-order valence-electron chi connectivity index (χ1n) is 8.73. The lowest BCUT2D eigenvalue weighted by Crippen LogP contribution is -1.96. The lowest BCUT2D eigenvalue weighted by atomic mass is 10.1. The summed E-state index contributed by atoms with van der Waals surface area (Å²) in [4.78, 5) is 12.2. The summed E-state index contributed by atoms with van der Waals surface area (Å²) in [6, 6.07) is 22.8. The number of ether oxygens (including phenoxy) is 1. The van der Waals surface area contributed by atoms with Crippen molar-refractivity contribution < 1.29 is 9.53 Å². The van der Waals surface area contributed by atoms with Gasteiger partial charge in [-0.05, 0) is 47.6 Å². The first kappa shape index (κ1) is 19.9. The summed E-state index contributed by atoms with van der Waals surface area (Å²) in [6.45, 7) is 0.465. The smallest absolute Gasteiger partial charge is 0.178 e. The van der Waals surface area contributed by atoms with Crippen molar-refractivity contribution in [3.63, 3.8) is 0 Å². The second-order valence-corrected chi connectivity index (χ2v) is 6.81. The molecule has 0 saturated carbocycles. The van der Waals surface area contributed by atoms with Gasteiger partial charge in [-0.25, -0.2) is 0 Å². The van der Waals surface area contributed by atoms with Crippen molar-refractivity contribution in [3.8, 4) is 5.75 Å². The standard InChI is InChI=1S/C24H18Cl2O2/c25-22-11-6-10-20(24(22)26)14-16-21(27)15-13-19-9-4-5-12-23(19)28-17-18-7-2-1-3-8-18/h1-16H,17H2/b15-13+,16-14+. The van der Waals surface area contributed by atoms with Crippen molar-refractivity contribution >= 4 is 41.1 Å². The Hall–Kier alpha value is -2.81. The van der Waals surface area contributed by atoms with E-state index in [4.69, 9.17) is 27.9 Å². The molecule has 0 aliphatic heterocycles. The number of hydrogen-bond acceptors (Lipinski definition) is 2.